The first-order valence-corrected chi connectivity index (χ1v) is 11.8. The van der Waals surface area contributed by atoms with Crippen LogP contribution in [0.2, 0.25) is 0 Å². The topological polar surface area (TPSA) is 59.8 Å². The van der Waals surface area contributed by atoms with E-state index in [9.17, 15) is 4.79 Å². The Bertz CT molecular complexity index is 1250. The van der Waals surface area contributed by atoms with Crippen molar-refractivity contribution < 1.29 is 4.79 Å². The van der Waals surface area contributed by atoms with Crippen LogP contribution in [-0.4, -0.2) is 20.7 Å². The molecule has 0 saturated carbocycles. The first-order valence-electron chi connectivity index (χ1n) is 10.8. The van der Waals surface area contributed by atoms with Crippen LogP contribution in [0.1, 0.15) is 28.1 Å². The quantitative estimate of drug-likeness (QED) is 0.282. The third-order valence-corrected chi connectivity index (χ3v) is 6.24. The van der Waals surface area contributed by atoms with Crippen molar-refractivity contribution in [2.75, 3.05) is 0 Å². The summed E-state index contributed by atoms with van der Waals surface area (Å²) >= 11 is 1.64. The average Bonchev–Trinajstić information content (AvgIpc) is 3.25. The van der Waals surface area contributed by atoms with Gasteiger partial charge in [-0.25, -0.2) is 0 Å². The maximum atomic E-state index is 12.4. The number of carbonyl (C=O) groups is 1. The molecule has 0 fully saturated rings. The van der Waals surface area contributed by atoms with Crippen LogP contribution in [0.5, 0.6) is 0 Å². The molecule has 5 nitrogen and oxygen atoms in total. The number of nitrogens with zero attached hydrogens (tertiary/aromatic N) is 3. The summed E-state index contributed by atoms with van der Waals surface area (Å²) in [6.07, 6.45) is 3.33. The maximum absolute atomic E-state index is 12.4. The van der Waals surface area contributed by atoms with Gasteiger partial charge in [0.2, 0.25) is 5.91 Å². The molecule has 0 radical (unpaired) electrons. The van der Waals surface area contributed by atoms with E-state index in [1.54, 1.807) is 17.8 Å². The number of amides is 1. The number of aromatic nitrogens is 3. The normalized spacial score (nSPS) is 11.1. The molecular formula is C27H26N4OS. The van der Waals surface area contributed by atoms with E-state index in [1.807, 2.05) is 41.0 Å². The maximum Gasteiger partial charge on any atom is 0.244 e. The number of nitrogens with one attached hydrogen (secondary N) is 1. The second-order valence-electron chi connectivity index (χ2n) is 7.75. The van der Waals surface area contributed by atoms with Crippen LogP contribution in [-0.2, 0) is 17.1 Å². The van der Waals surface area contributed by atoms with E-state index in [-0.39, 0.29) is 12.5 Å². The molecule has 4 aromatic rings. The van der Waals surface area contributed by atoms with Crippen LogP contribution in [0.25, 0.3) is 11.8 Å². The van der Waals surface area contributed by atoms with E-state index in [0.717, 1.165) is 22.2 Å². The Kier molecular flexibility index (Phi) is 7.37. The van der Waals surface area contributed by atoms with Gasteiger partial charge in [-0.1, -0.05) is 84.1 Å². The van der Waals surface area contributed by atoms with Gasteiger partial charge in [0.05, 0.1) is 6.54 Å². The zero-order valence-corrected chi connectivity index (χ0v) is 19.5. The van der Waals surface area contributed by atoms with E-state index in [0.29, 0.717) is 5.82 Å². The molecule has 6 heteroatoms. The zero-order chi connectivity index (χ0) is 23.0. The van der Waals surface area contributed by atoms with Crippen LogP contribution >= 0.6 is 11.8 Å². The molecule has 33 heavy (non-hydrogen) atoms. The number of aryl methyl sites for hydroxylation is 2. The molecule has 0 aliphatic carbocycles. The summed E-state index contributed by atoms with van der Waals surface area (Å²) in [6, 6.07) is 26.3. The predicted octanol–water partition coefficient (Wildman–Crippen LogP) is 5.51. The van der Waals surface area contributed by atoms with Gasteiger partial charge in [-0.15, -0.1) is 10.2 Å². The van der Waals surface area contributed by atoms with Gasteiger partial charge in [0.25, 0.3) is 0 Å². The van der Waals surface area contributed by atoms with Gasteiger partial charge in [0, 0.05) is 17.5 Å². The fourth-order valence-electron chi connectivity index (χ4n) is 3.34. The third-order valence-electron chi connectivity index (χ3n) is 5.26. The molecule has 0 aliphatic heterocycles. The highest BCUT2D eigenvalue weighted by molar-refractivity contribution is 7.98. The second-order valence-corrected chi connectivity index (χ2v) is 8.69. The number of benzene rings is 3. The van der Waals surface area contributed by atoms with Crippen molar-refractivity contribution in [1.82, 2.24) is 20.1 Å². The zero-order valence-electron chi connectivity index (χ0n) is 18.7. The SMILES string of the molecule is Cc1ccc(-n2c(CNC(=O)C=Cc3ccccc3)nnc2SCc2ccccc2C)cc1. The summed E-state index contributed by atoms with van der Waals surface area (Å²) < 4.78 is 2.02. The van der Waals surface area contributed by atoms with Crippen molar-refractivity contribution in [1.29, 1.82) is 0 Å². The lowest BCUT2D eigenvalue weighted by molar-refractivity contribution is -0.116. The van der Waals surface area contributed by atoms with Crippen molar-refractivity contribution in [2.24, 2.45) is 0 Å². The summed E-state index contributed by atoms with van der Waals surface area (Å²) in [5.74, 6) is 1.31. The van der Waals surface area contributed by atoms with Crippen molar-refractivity contribution in [3.05, 3.63) is 113 Å². The van der Waals surface area contributed by atoms with Gasteiger partial charge in [0.15, 0.2) is 11.0 Å². The fourth-order valence-corrected chi connectivity index (χ4v) is 4.38. The third kappa shape index (κ3) is 5.99. The van der Waals surface area contributed by atoms with Crippen LogP contribution in [0.15, 0.2) is 90.1 Å². The summed E-state index contributed by atoms with van der Waals surface area (Å²) in [4.78, 5) is 12.4. The Hall–Kier alpha value is -3.64. The number of carbonyl (C=O) groups excluding carboxylic acids is 1. The van der Waals surface area contributed by atoms with Gasteiger partial charge >= 0.3 is 0 Å². The summed E-state index contributed by atoms with van der Waals surface area (Å²) in [5.41, 5.74) is 5.65. The highest BCUT2D eigenvalue weighted by atomic mass is 32.2. The first kappa shape index (κ1) is 22.6. The molecule has 0 atom stereocenters. The molecule has 1 aromatic heterocycles. The highest BCUT2D eigenvalue weighted by Crippen LogP contribution is 2.26. The standard InChI is InChI=1S/C27H26N4OS/c1-20-12-15-24(16-13-20)31-25(18-28-26(32)17-14-22-9-4-3-5-10-22)29-30-27(31)33-19-23-11-7-6-8-21(23)2/h3-17H,18-19H2,1-2H3,(H,28,32). The number of hydrogen-bond donors (Lipinski definition) is 1. The van der Waals surface area contributed by atoms with Gasteiger partial charge in [-0.2, -0.15) is 0 Å². The van der Waals surface area contributed by atoms with E-state index >= 15 is 0 Å². The summed E-state index contributed by atoms with van der Waals surface area (Å²) in [6.45, 7) is 4.46. The number of rotatable bonds is 8. The van der Waals surface area contributed by atoms with Crippen LogP contribution in [0.4, 0.5) is 0 Å². The van der Waals surface area contributed by atoms with Crippen molar-refractivity contribution in [3.63, 3.8) is 0 Å². The van der Waals surface area contributed by atoms with Gasteiger partial charge in [-0.05, 0) is 48.7 Å². The smallest absolute Gasteiger partial charge is 0.244 e. The van der Waals surface area contributed by atoms with Crippen LogP contribution in [0.3, 0.4) is 0 Å². The lowest BCUT2D eigenvalue weighted by Crippen LogP contribution is -2.22. The fraction of sp³-hybridized carbons (Fsp3) is 0.148. The van der Waals surface area contributed by atoms with Crippen molar-refractivity contribution >= 4 is 23.7 Å². The van der Waals surface area contributed by atoms with Crippen LogP contribution < -0.4 is 5.32 Å². The number of thioether (sulfide) groups is 1. The Labute approximate surface area is 198 Å². The molecule has 1 amide bonds. The van der Waals surface area contributed by atoms with E-state index < -0.39 is 0 Å². The van der Waals surface area contributed by atoms with Gasteiger partial charge in [-0.3, -0.25) is 9.36 Å². The molecular weight excluding hydrogens is 428 g/mol. The lowest BCUT2D eigenvalue weighted by Gasteiger charge is -2.11. The molecule has 3 aromatic carbocycles. The lowest BCUT2D eigenvalue weighted by atomic mass is 10.1. The molecule has 0 spiro atoms. The summed E-state index contributed by atoms with van der Waals surface area (Å²) in [7, 11) is 0. The van der Waals surface area contributed by atoms with E-state index in [2.05, 4.69) is 71.8 Å². The Morgan fingerprint density at radius 1 is 0.939 bits per heavy atom. The minimum absolute atomic E-state index is 0.175. The molecule has 0 saturated heterocycles. The minimum Gasteiger partial charge on any atom is -0.345 e. The molecule has 1 N–H and O–H groups in total. The minimum atomic E-state index is -0.175. The Morgan fingerprint density at radius 2 is 1.67 bits per heavy atom. The Balaban J connectivity index is 1.52. The molecule has 1 heterocycles. The predicted molar refractivity (Wildman–Crippen MR) is 134 cm³/mol. The highest BCUT2D eigenvalue weighted by Gasteiger charge is 2.15. The second kappa shape index (κ2) is 10.8. The molecule has 0 unspecified atom stereocenters. The number of hydrogen-bond acceptors (Lipinski definition) is 4. The first-order chi connectivity index (χ1) is 16.1. The molecule has 166 valence electrons. The van der Waals surface area contributed by atoms with E-state index in [1.165, 1.54) is 22.8 Å². The Morgan fingerprint density at radius 3 is 2.42 bits per heavy atom. The van der Waals surface area contributed by atoms with Crippen LogP contribution in [0, 0.1) is 13.8 Å². The van der Waals surface area contributed by atoms with Crippen molar-refractivity contribution in [2.45, 2.75) is 31.3 Å². The monoisotopic (exact) mass is 454 g/mol. The molecule has 4 rings (SSSR count). The van der Waals surface area contributed by atoms with E-state index in [4.69, 9.17) is 0 Å². The molecule has 0 bridgehead atoms. The average molecular weight is 455 g/mol. The van der Waals surface area contributed by atoms with Crippen molar-refractivity contribution in [3.8, 4) is 5.69 Å². The summed E-state index contributed by atoms with van der Waals surface area (Å²) in [5, 5.41) is 12.6. The molecule has 0 aliphatic rings. The largest absolute Gasteiger partial charge is 0.345 e. The van der Waals surface area contributed by atoms with Gasteiger partial charge < -0.3 is 5.32 Å². The van der Waals surface area contributed by atoms with Gasteiger partial charge in [0.1, 0.15) is 0 Å².